The van der Waals surface area contributed by atoms with Crippen molar-refractivity contribution in [2.45, 2.75) is 12.6 Å². The Balaban J connectivity index is 3.13. The Bertz CT molecular complexity index is 338. The van der Waals surface area contributed by atoms with Crippen LogP contribution in [0.15, 0.2) is 30.9 Å². The van der Waals surface area contributed by atoms with Gasteiger partial charge in [-0.3, -0.25) is 0 Å². The molecule has 0 aromatic heterocycles. The Morgan fingerprint density at radius 3 is 2.36 bits per heavy atom. The van der Waals surface area contributed by atoms with E-state index >= 15 is 0 Å². The standard InChI is InChI=1S/C10H8F4/c1-2-3-7-4-8(10(12,13)14)6-9(11)5-7/h2,4-6H,1,3H2. The van der Waals surface area contributed by atoms with E-state index in [1.807, 2.05) is 0 Å². The lowest BCUT2D eigenvalue weighted by Gasteiger charge is -2.08. The average Bonchev–Trinajstić information content (AvgIpc) is 2.02. The molecule has 0 atom stereocenters. The van der Waals surface area contributed by atoms with Crippen LogP contribution in [0, 0.1) is 5.82 Å². The van der Waals surface area contributed by atoms with E-state index in [4.69, 9.17) is 0 Å². The van der Waals surface area contributed by atoms with Gasteiger partial charge in [-0.25, -0.2) is 4.39 Å². The molecule has 0 amide bonds. The summed E-state index contributed by atoms with van der Waals surface area (Å²) < 4.78 is 49.3. The molecule has 0 aliphatic rings. The summed E-state index contributed by atoms with van der Waals surface area (Å²) >= 11 is 0. The number of alkyl halides is 3. The van der Waals surface area contributed by atoms with Crippen molar-refractivity contribution in [3.05, 3.63) is 47.8 Å². The predicted octanol–water partition coefficient (Wildman–Crippen LogP) is 3.57. The third kappa shape index (κ3) is 2.58. The van der Waals surface area contributed by atoms with Crippen LogP contribution in [0.5, 0.6) is 0 Å². The first-order valence-corrected chi connectivity index (χ1v) is 3.91. The van der Waals surface area contributed by atoms with Gasteiger partial charge in [-0.2, -0.15) is 13.2 Å². The summed E-state index contributed by atoms with van der Waals surface area (Å²) in [7, 11) is 0. The van der Waals surface area contributed by atoms with Gasteiger partial charge in [-0.15, -0.1) is 6.58 Å². The van der Waals surface area contributed by atoms with Crippen LogP contribution in [-0.4, -0.2) is 0 Å². The zero-order chi connectivity index (χ0) is 10.8. The van der Waals surface area contributed by atoms with E-state index in [1.54, 1.807) is 0 Å². The second-order valence-corrected chi connectivity index (χ2v) is 2.84. The third-order valence-electron chi connectivity index (χ3n) is 1.66. The first kappa shape index (κ1) is 10.8. The second-order valence-electron chi connectivity index (χ2n) is 2.84. The molecule has 0 aliphatic carbocycles. The Hall–Kier alpha value is -1.32. The maximum Gasteiger partial charge on any atom is 0.416 e. The van der Waals surface area contributed by atoms with Gasteiger partial charge in [0, 0.05) is 0 Å². The van der Waals surface area contributed by atoms with Gasteiger partial charge in [0.05, 0.1) is 5.56 Å². The molecule has 0 saturated heterocycles. The number of benzene rings is 1. The highest BCUT2D eigenvalue weighted by atomic mass is 19.4. The summed E-state index contributed by atoms with van der Waals surface area (Å²) in [5, 5.41) is 0. The maximum atomic E-state index is 12.7. The lowest BCUT2D eigenvalue weighted by Crippen LogP contribution is -2.06. The van der Waals surface area contributed by atoms with Gasteiger partial charge in [0.2, 0.25) is 0 Å². The van der Waals surface area contributed by atoms with E-state index < -0.39 is 17.6 Å². The van der Waals surface area contributed by atoms with Crippen LogP contribution >= 0.6 is 0 Å². The van der Waals surface area contributed by atoms with Gasteiger partial charge in [0.15, 0.2) is 0 Å². The number of rotatable bonds is 2. The number of allylic oxidation sites excluding steroid dienone is 1. The van der Waals surface area contributed by atoms with Crippen molar-refractivity contribution in [3.8, 4) is 0 Å². The Morgan fingerprint density at radius 1 is 1.21 bits per heavy atom. The van der Waals surface area contributed by atoms with Crippen LogP contribution in [0.25, 0.3) is 0 Å². The summed E-state index contributed by atoms with van der Waals surface area (Å²) in [4.78, 5) is 0. The molecule has 0 saturated carbocycles. The minimum absolute atomic E-state index is 0.223. The molecule has 0 heterocycles. The van der Waals surface area contributed by atoms with E-state index in [9.17, 15) is 17.6 Å². The first-order valence-electron chi connectivity index (χ1n) is 3.91. The van der Waals surface area contributed by atoms with E-state index in [-0.39, 0.29) is 12.0 Å². The van der Waals surface area contributed by atoms with Crippen LogP contribution in [0.3, 0.4) is 0 Å². The van der Waals surface area contributed by atoms with Crippen LogP contribution < -0.4 is 0 Å². The molecule has 76 valence electrons. The van der Waals surface area contributed by atoms with Gasteiger partial charge in [0.1, 0.15) is 5.82 Å². The van der Waals surface area contributed by atoms with Crippen LogP contribution in [0.1, 0.15) is 11.1 Å². The lowest BCUT2D eigenvalue weighted by molar-refractivity contribution is -0.137. The fourth-order valence-electron chi connectivity index (χ4n) is 1.10. The molecule has 14 heavy (non-hydrogen) atoms. The Morgan fingerprint density at radius 2 is 1.86 bits per heavy atom. The van der Waals surface area contributed by atoms with Crippen LogP contribution in [-0.2, 0) is 12.6 Å². The summed E-state index contributed by atoms with van der Waals surface area (Å²) in [6.07, 6.45) is -2.85. The number of halogens is 4. The topological polar surface area (TPSA) is 0 Å². The van der Waals surface area contributed by atoms with Gasteiger partial charge < -0.3 is 0 Å². The molecule has 0 bridgehead atoms. The van der Waals surface area contributed by atoms with Crippen molar-refractivity contribution in [2.24, 2.45) is 0 Å². The highest BCUT2D eigenvalue weighted by Gasteiger charge is 2.31. The fourth-order valence-corrected chi connectivity index (χ4v) is 1.10. The van der Waals surface area contributed by atoms with Crippen molar-refractivity contribution < 1.29 is 17.6 Å². The highest BCUT2D eigenvalue weighted by Crippen LogP contribution is 2.30. The molecule has 0 spiro atoms. The van der Waals surface area contributed by atoms with E-state index in [0.29, 0.717) is 6.07 Å². The zero-order valence-electron chi connectivity index (χ0n) is 7.24. The number of hydrogen-bond acceptors (Lipinski definition) is 0. The molecule has 0 N–H and O–H groups in total. The van der Waals surface area contributed by atoms with E-state index in [1.165, 1.54) is 6.08 Å². The monoisotopic (exact) mass is 204 g/mol. The predicted molar refractivity (Wildman–Crippen MR) is 45.3 cm³/mol. The summed E-state index contributed by atoms with van der Waals surface area (Å²) in [5.74, 6) is -0.878. The van der Waals surface area contributed by atoms with Crippen LogP contribution in [0.2, 0.25) is 0 Å². The van der Waals surface area contributed by atoms with Gasteiger partial charge in [-0.1, -0.05) is 6.08 Å². The second kappa shape index (κ2) is 3.82. The molecular formula is C10H8F4. The molecule has 1 aromatic rings. The summed E-state index contributed by atoms with van der Waals surface area (Å²) in [6, 6.07) is 2.47. The molecule has 0 radical (unpaired) electrons. The van der Waals surface area contributed by atoms with Crippen molar-refractivity contribution >= 4 is 0 Å². The molecule has 0 nitrogen and oxygen atoms in total. The number of hydrogen-bond donors (Lipinski definition) is 0. The SMILES string of the molecule is C=CCc1cc(F)cc(C(F)(F)F)c1. The third-order valence-corrected chi connectivity index (χ3v) is 1.66. The quantitative estimate of drug-likeness (QED) is 0.510. The summed E-state index contributed by atoms with van der Waals surface area (Å²) in [5.41, 5.74) is -0.693. The Kier molecular flexibility index (Phi) is 2.93. The van der Waals surface area contributed by atoms with E-state index in [2.05, 4.69) is 6.58 Å². The van der Waals surface area contributed by atoms with Crippen molar-refractivity contribution in [1.29, 1.82) is 0 Å². The van der Waals surface area contributed by atoms with E-state index in [0.717, 1.165) is 12.1 Å². The summed E-state index contributed by atoms with van der Waals surface area (Å²) in [6.45, 7) is 3.37. The average molecular weight is 204 g/mol. The zero-order valence-corrected chi connectivity index (χ0v) is 7.24. The smallest absolute Gasteiger partial charge is 0.207 e. The van der Waals surface area contributed by atoms with Gasteiger partial charge >= 0.3 is 6.18 Å². The minimum Gasteiger partial charge on any atom is -0.207 e. The van der Waals surface area contributed by atoms with Crippen molar-refractivity contribution in [3.63, 3.8) is 0 Å². The molecule has 1 aromatic carbocycles. The normalized spacial score (nSPS) is 11.4. The minimum atomic E-state index is -4.50. The molecule has 0 unspecified atom stereocenters. The molecule has 1 rings (SSSR count). The Labute approximate surface area is 78.9 Å². The molecule has 0 aliphatic heterocycles. The highest BCUT2D eigenvalue weighted by molar-refractivity contribution is 5.27. The van der Waals surface area contributed by atoms with Gasteiger partial charge in [-0.05, 0) is 30.2 Å². The van der Waals surface area contributed by atoms with Gasteiger partial charge in [0.25, 0.3) is 0 Å². The van der Waals surface area contributed by atoms with Crippen molar-refractivity contribution in [2.75, 3.05) is 0 Å². The maximum absolute atomic E-state index is 12.7. The first-order chi connectivity index (χ1) is 6.43. The lowest BCUT2D eigenvalue weighted by atomic mass is 10.1. The largest absolute Gasteiger partial charge is 0.416 e. The fraction of sp³-hybridized carbons (Fsp3) is 0.200. The molecular weight excluding hydrogens is 196 g/mol. The van der Waals surface area contributed by atoms with Crippen LogP contribution in [0.4, 0.5) is 17.6 Å². The van der Waals surface area contributed by atoms with Crippen molar-refractivity contribution in [1.82, 2.24) is 0 Å². The molecule has 4 heteroatoms. The molecule has 0 fully saturated rings.